The van der Waals surface area contributed by atoms with Gasteiger partial charge in [-0.3, -0.25) is 0 Å². The number of rotatable bonds is 5. The van der Waals surface area contributed by atoms with Gasteiger partial charge in [0.15, 0.2) is 0 Å². The van der Waals surface area contributed by atoms with Crippen LogP contribution in [0.15, 0.2) is 18.2 Å². The number of ether oxygens (including phenoxy) is 1. The normalized spacial score (nSPS) is 9.86. The molecule has 75 valence electrons. The molecule has 2 nitrogen and oxygen atoms in total. The Bertz CT molecular complexity index is 305. The van der Waals surface area contributed by atoms with Gasteiger partial charge in [-0.1, -0.05) is 32.0 Å². The number of hydrogen-bond acceptors (Lipinski definition) is 2. The predicted molar refractivity (Wildman–Crippen MR) is 55.7 cm³/mol. The quantitative estimate of drug-likeness (QED) is 0.714. The maximum atomic E-state index is 9.91. The van der Waals surface area contributed by atoms with E-state index in [1.54, 1.807) is 0 Å². The van der Waals surface area contributed by atoms with Gasteiger partial charge >= 0.3 is 6.47 Å². The molecule has 1 radical (unpaired) electrons. The lowest BCUT2D eigenvalue weighted by molar-refractivity contribution is 0.267. The van der Waals surface area contributed by atoms with Gasteiger partial charge in [0.05, 0.1) is 0 Å². The number of aryl methyl sites for hydroxylation is 2. The predicted octanol–water partition coefficient (Wildman–Crippen LogP) is 2.40. The number of carbonyl (C=O) groups excluding carboxylic acids is 1. The maximum absolute atomic E-state index is 9.91. The molecule has 0 bridgehead atoms. The van der Waals surface area contributed by atoms with Gasteiger partial charge in [-0.25, -0.2) is 4.79 Å². The first-order chi connectivity index (χ1) is 6.81. The molecule has 1 aromatic rings. The summed E-state index contributed by atoms with van der Waals surface area (Å²) in [5.74, 6) is 0. The van der Waals surface area contributed by atoms with Gasteiger partial charge in [-0.2, -0.15) is 0 Å². The molecule has 0 aromatic heterocycles. The highest BCUT2D eigenvalue weighted by Gasteiger charge is 2.00. The minimum Gasteiger partial charge on any atom is -0.452 e. The summed E-state index contributed by atoms with van der Waals surface area (Å²) in [7, 11) is 0. The second-order valence-electron chi connectivity index (χ2n) is 3.18. The highest BCUT2D eigenvalue weighted by atomic mass is 16.5. The van der Waals surface area contributed by atoms with Crippen molar-refractivity contribution < 1.29 is 9.53 Å². The Hall–Kier alpha value is -1.31. The van der Waals surface area contributed by atoms with E-state index in [1.165, 1.54) is 17.6 Å². The maximum Gasteiger partial charge on any atom is 0.417 e. The molecule has 1 aromatic carbocycles. The molecular weight excluding hydrogens is 176 g/mol. The van der Waals surface area contributed by atoms with Crippen molar-refractivity contribution in [3.63, 3.8) is 0 Å². The Labute approximate surface area is 84.9 Å². The highest BCUT2D eigenvalue weighted by molar-refractivity contribution is 5.39. The van der Waals surface area contributed by atoms with Gasteiger partial charge in [-0.15, -0.1) is 0 Å². The zero-order chi connectivity index (χ0) is 10.4. The first-order valence-corrected chi connectivity index (χ1v) is 4.91. The van der Waals surface area contributed by atoms with E-state index in [9.17, 15) is 4.79 Å². The molecule has 0 aliphatic rings. The molecule has 0 unspecified atom stereocenters. The zero-order valence-corrected chi connectivity index (χ0v) is 8.67. The van der Waals surface area contributed by atoms with Crippen LogP contribution in [0.3, 0.4) is 0 Å². The molecule has 1 rings (SSSR count). The first kappa shape index (κ1) is 10.8. The molecule has 0 atom stereocenters. The molecular formula is C12H15O2. The van der Waals surface area contributed by atoms with Gasteiger partial charge in [0, 0.05) is 0 Å². The topological polar surface area (TPSA) is 26.3 Å². The molecule has 0 aliphatic carbocycles. The van der Waals surface area contributed by atoms with Crippen LogP contribution >= 0.6 is 0 Å². The summed E-state index contributed by atoms with van der Waals surface area (Å²) in [6, 6.07) is 6.19. The smallest absolute Gasteiger partial charge is 0.417 e. The van der Waals surface area contributed by atoms with Crippen molar-refractivity contribution in [1.29, 1.82) is 0 Å². The number of benzene rings is 1. The van der Waals surface area contributed by atoms with Crippen molar-refractivity contribution >= 4 is 6.47 Å². The van der Waals surface area contributed by atoms with Crippen molar-refractivity contribution in [2.75, 3.05) is 0 Å². The van der Waals surface area contributed by atoms with Crippen LogP contribution in [-0.2, 0) is 29.0 Å². The van der Waals surface area contributed by atoms with E-state index in [2.05, 4.69) is 30.7 Å². The van der Waals surface area contributed by atoms with E-state index in [4.69, 9.17) is 0 Å². The molecule has 0 saturated carbocycles. The molecule has 0 N–H and O–H groups in total. The van der Waals surface area contributed by atoms with Crippen LogP contribution in [0.2, 0.25) is 0 Å². The Kier molecular flexibility index (Phi) is 4.17. The Morgan fingerprint density at radius 2 is 1.93 bits per heavy atom. The lowest BCUT2D eigenvalue weighted by atomic mass is 10.0. The minimum absolute atomic E-state index is 0.320. The summed E-state index contributed by atoms with van der Waals surface area (Å²) in [5, 5.41) is 0. The summed E-state index contributed by atoms with van der Waals surface area (Å²) < 4.78 is 4.59. The fourth-order valence-corrected chi connectivity index (χ4v) is 1.56. The highest BCUT2D eigenvalue weighted by Crippen LogP contribution is 2.14. The largest absolute Gasteiger partial charge is 0.452 e. The molecule has 0 fully saturated rings. The molecule has 0 spiro atoms. The van der Waals surface area contributed by atoms with Crippen LogP contribution < -0.4 is 0 Å². The summed E-state index contributed by atoms with van der Waals surface area (Å²) >= 11 is 0. The minimum atomic E-state index is 0.320. The fourth-order valence-electron chi connectivity index (χ4n) is 1.56. The average Bonchev–Trinajstić information content (AvgIpc) is 2.25. The van der Waals surface area contributed by atoms with Gasteiger partial charge in [-0.05, 0) is 29.5 Å². The molecule has 2 heteroatoms. The van der Waals surface area contributed by atoms with Crippen molar-refractivity contribution in [2.24, 2.45) is 0 Å². The Morgan fingerprint density at radius 1 is 1.21 bits per heavy atom. The van der Waals surface area contributed by atoms with E-state index < -0.39 is 0 Å². The van der Waals surface area contributed by atoms with Crippen molar-refractivity contribution in [1.82, 2.24) is 0 Å². The van der Waals surface area contributed by atoms with Gasteiger partial charge in [0.25, 0.3) is 0 Å². The van der Waals surface area contributed by atoms with Crippen molar-refractivity contribution in [3.05, 3.63) is 34.9 Å². The second kappa shape index (κ2) is 5.43. The standard InChI is InChI=1S/C12H15O2/c1-3-11-6-5-10(8-14-9-13)7-12(11)4-2/h5-7H,3-4,8H2,1-2H3. The van der Waals surface area contributed by atoms with E-state index in [0.717, 1.165) is 18.4 Å². The van der Waals surface area contributed by atoms with Crippen LogP contribution in [0.5, 0.6) is 0 Å². The first-order valence-electron chi connectivity index (χ1n) is 4.91. The third-order valence-corrected chi connectivity index (χ3v) is 2.33. The molecule has 0 heterocycles. The van der Waals surface area contributed by atoms with Crippen LogP contribution in [0.1, 0.15) is 30.5 Å². The van der Waals surface area contributed by atoms with E-state index >= 15 is 0 Å². The van der Waals surface area contributed by atoms with Crippen LogP contribution in [0.4, 0.5) is 0 Å². The second-order valence-corrected chi connectivity index (χ2v) is 3.18. The van der Waals surface area contributed by atoms with Crippen molar-refractivity contribution in [2.45, 2.75) is 33.3 Å². The van der Waals surface area contributed by atoms with E-state index in [-0.39, 0.29) is 0 Å². The molecule has 14 heavy (non-hydrogen) atoms. The van der Waals surface area contributed by atoms with Crippen LogP contribution in [0, 0.1) is 0 Å². The van der Waals surface area contributed by atoms with Crippen LogP contribution in [-0.4, -0.2) is 6.47 Å². The monoisotopic (exact) mass is 191 g/mol. The summed E-state index contributed by atoms with van der Waals surface area (Å²) in [5.41, 5.74) is 3.73. The summed E-state index contributed by atoms with van der Waals surface area (Å²) in [6.45, 7) is 6.02. The average molecular weight is 191 g/mol. The molecule has 0 amide bonds. The summed E-state index contributed by atoms with van der Waals surface area (Å²) in [6.07, 6.45) is 2.06. The van der Waals surface area contributed by atoms with Crippen LogP contribution in [0.25, 0.3) is 0 Å². The lowest BCUT2D eigenvalue weighted by Gasteiger charge is -2.07. The van der Waals surface area contributed by atoms with E-state index in [0.29, 0.717) is 6.61 Å². The fraction of sp³-hybridized carbons (Fsp3) is 0.417. The van der Waals surface area contributed by atoms with Gasteiger partial charge in [0.1, 0.15) is 6.61 Å². The molecule has 0 aliphatic heterocycles. The zero-order valence-electron chi connectivity index (χ0n) is 8.67. The number of hydrogen-bond donors (Lipinski definition) is 0. The lowest BCUT2D eigenvalue weighted by Crippen LogP contribution is -1.95. The molecule has 0 saturated heterocycles. The van der Waals surface area contributed by atoms with E-state index in [1.807, 2.05) is 6.07 Å². The van der Waals surface area contributed by atoms with Gasteiger partial charge < -0.3 is 4.74 Å². The van der Waals surface area contributed by atoms with Gasteiger partial charge in [0.2, 0.25) is 0 Å². The van der Waals surface area contributed by atoms with Crippen molar-refractivity contribution in [3.8, 4) is 0 Å². The third-order valence-electron chi connectivity index (χ3n) is 2.33. The third kappa shape index (κ3) is 2.59. The SMILES string of the molecule is CCc1ccc(CO[C]=O)cc1CC. The summed E-state index contributed by atoms with van der Waals surface area (Å²) in [4.78, 5) is 9.91. The Balaban J connectivity index is 2.83. The Morgan fingerprint density at radius 3 is 2.50 bits per heavy atom.